The summed E-state index contributed by atoms with van der Waals surface area (Å²) in [6, 6.07) is 6.76. The van der Waals surface area contributed by atoms with Crippen LogP contribution in [0.5, 0.6) is 0 Å². The average Bonchev–Trinajstić information content (AvgIpc) is 3.05. The van der Waals surface area contributed by atoms with Gasteiger partial charge in [-0.1, -0.05) is 19.1 Å². The predicted octanol–water partition coefficient (Wildman–Crippen LogP) is 3.01. The highest BCUT2D eigenvalue weighted by Gasteiger charge is 2.33. The lowest BCUT2D eigenvalue weighted by molar-refractivity contribution is -0.140. The van der Waals surface area contributed by atoms with E-state index in [1.54, 1.807) is 6.07 Å². The van der Waals surface area contributed by atoms with E-state index in [0.717, 1.165) is 37.9 Å². The summed E-state index contributed by atoms with van der Waals surface area (Å²) in [5.74, 6) is 0.0770. The third-order valence-electron chi connectivity index (χ3n) is 5.44. The first-order valence-corrected chi connectivity index (χ1v) is 9.37. The van der Waals surface area contributed by atoms with Crippen LogP contribution in [0.3, 0.4) is 0 Å². The SMILES string of the molecule is CC(CCc1cccc(F)c1)C(=O)N1CCCC(N2CCCC2=O)C1. The molecule has 5 heteroatoms. The second-order valence-electron chi connectivity index (χ2n) is 7.34. The number of carbonyl (C=O) groups is 2. The van der Waals surface area contributed by atoms with Crippen LogP contribution in [-0.4, -0.2) is 47.3 Å². The number of hydrogen-bond acceptors (Lipinski definition) is 2. The van der Waals surface area contributed by atoms with Crippen LogP contribution in [0, 0.1) is 11.7 Å². The summed E-state index contributed by atoms with van der Waals surface area (Å²) in [4.78, 5) is 28.6. The van der Waals surface area contributed by atoms with Gasteiger partial charge >= 0.3 is 0 Å². The molecule has 0 bridgehead atoms. The smallest absolute Gasteiger partial charge is 0.225 e. The number of likely N-dealkylation sites (tertiary alicyclic amines) is 2. The van der Waals surface area contributed by atoms with Crippen molar-refractivity contribution in [2.75, 3.05) is 19.6 Å². The Morgan fingerprint density at radius 2 is 2.16 bits per heavy atom. The molecular formula is C20H27FN2O2. The fourth-order valence-electron chi connectivity index (χ4n) is 3.98. The van der Waals surface area contributed by atoms with Crippen molar-refractivity contribution in [3.63, 3.8) is 0 Å². The summed E-state index contributed by atoms with van der Waals surface area (Å²) >= 11 is 0. The lowest BCUT2D eigenvalue weighted by atomic mass is 9.97. The molecule has 2 atom stereocenters. The van der Waals surface area contributed by atoms with E-state index in [0.29, 0.717) is 25.8 Å². The van der Waals surface area contributed by atoms with Gasteiger partial charge in [-0.05, 0) is 49.8 Å². The van der Waals surface area contributed by atoms with Gasteiger partial charge < -0.3 is 9.80 Å². The van der Waals surface area contributed by atoms with Crippen molar-refractivity contribution in [3.8, 4) is 0 Å². The molecule has 0 spiro atoms. The zero-order valence-corrected chi connectivity index (χ0v) is 14.9. The standard InChI is InChI=1S/C20H27FN2O2/c1-15(9-10-16-5-2-6-17(21)13-16)20(25)22-11-3-7-18(14-22)23-12-4-8-19(23)24/h2,5-6,13,15,18H,3-4,7-12,14H2,1H3. The van der Waals surface area contributed by atoms with Crippen molar-refractivity contribution in [1.29, 1.82) is 0 Å². The van der Waals surface area contributed by atoms with Crippen LogP contribution in [0.1, 0.15) is 44.6 Å². The molecule has 2 saturated heterocycles. The molecule has 2 fully saturated rings. The summed E-state index contributed by atoms with van der Waals surface area (Å²) in [6.45, 7) is 4.23. The Kier molecular flexibility index (Phi) is 5.71. The van der Waals surface area contributed by atoms with Crippen molar-refractivity contribution in [2.45, 2.75) is 51.5 Å². The second kappa shape index (κ2) is 7.98. The molecular weight excluding hydrogens is 319 g/mol. The van der Waals surface area contributed by atoms with Crippen LogP contribution in [0.25, 0.3) is 0 Å². The normalized spacial score (nSPS) is 22.3. The van der Waals surface area contributed by atoms with E-state index in [-0.39, 0.29) is 29.6 Å². The number of piperidine rings is 1. The molecule has 0 aliphatic carbocycles. The minimum atomic E-state index is -0.231. The van der Waals surface area contributed by atoms with E-state index in [4.69, 9.17) is 0 Å². The highest BCUT2D eigenvalue weighted by atomic mass is 19.1. The largest absolute Gasteiger partial charge is 0.340 e. The Bertz CT molecular complexity index is 634. The van der Waals surface area contributed by atoms with Crippen molar-refractivity contribution < 1.29 is 14.0 Å². The van der Waals surface area contributed by atoms with Gasteiger partial charge in [0, 0.05) is 38.0 Å². The maximum absolute atomic E-state index is 13.3. The predicted molar refractivity (Wildman–Crippen MR) is 94.4 cm³/mol. The highest BCUT2D eigenvalue weighted by Crippen LogP contribution is 2.23. The third kappa shape index (κ3) is 4.39. The molecule has 3 rings (SSSR count). The van der Waals surface area contributed by atoms with E-state index in [2.05, 4.69) is 0 Å². The number of carbonyl (C=O) groups excluding carboxylic acids is 2. The van der Waals surface area contributed by atoms with E-state index >= 15 is 0 Å². The first kappa shape index (κ1) is 17.9. The second-order valence-corrected chi connectivity index (χ2v) is 7.34. The molecule has 2 aliphatic rings. The minimum absolute atomic E-state index is 0.0868. The fourth-order valence-corrected chi connectivity index (χ4v) is 3.98. The van der Waals surface area contributed by atoms with Gasteiger partial charge in [0.1, 0.15) is 5.82 Å². The Hall–Kier alpha value is -1.91. The Labute approximate surface area is 149 Å². The lowest BCUT2D eigenvalue weighted by Crippen LogP contribution is -2.51. The molecule has 0 radical (unpaired) electrons. The molecule has 0 N–H and O–H groups in total. The number of benzene rings is 1. The summed E-state index contributed by atoms with van der Waals surface area (Å²) in [7, 11) is 0. The zero-order chi connectivity index (χ0) is 17.8. The maximum Gasteiger partial charge on any atom is 0.225 e. The van der Waals surface area contributed by atoms with Crippen molar-refractivity contribution in [2.24, 2.45) is 5.92 Å². The van der Waals surface area contributed by atoms with Crippen molar-refractivity contribution in [1.82, 2.24) is 9.80 Å². The van der Waals surface area contributed by atoms with Crippen LogP contribution in [0.15, 0.2) is 24.3 Å². The number of amides is 2. The molecule has 1 aromatic rings. The van der Waals surface area contributed by atoms with E-state index in [9.17, 15) is 14.0 Å². The monoisotopic (exact) mass is 346 g/mol. The Balaban J connectivity index is 1.53. The maximum atomic E-state index is 13.3. The topological polar surface area (TPSA) is 40.6 Å². The van der Waals surface area contributed by atoms with Crippen LogP contribution in [0.2, 0.25) is 0 Å². The Morgan fingerprint density at radius 1 is 1.32 bits per heavy atom. The fraction of sp³-hybridized carbons (Fsp3) is 0.600. The van der Waals surface area contributed by atoms with E-state index in [1.807, 2.05) is 22.8 Å². The van der Waals surface area contributed by atoms with Crippen molar-refractivity contribution >= 4 is 11.8 Å². The molecule has 0 aromatic heterocycles. The lowest BCUT2D eigenvalue weighted by Gasteiger charge is -2.38. The number of nitrogens with zero attached hydrogens (tertiary/aromatic N) is 2. The number of hydrogen-bond donors (Lipinski definition) is 0. The van der Waals surface area contributed by atoms with Crippen molar-refractivity contribution in [3.05, 3.63) is 35.6 Å². The summed E-state index contributed by atoms with van der Waals surface area (Å²) in [5, 5.41) is 0. The molecule has 2 heterocycles. The van der Waals surface area contributed by atoms with Gasteiger partial charge in [0.05, 0.1) is 0 Å². The van der Waals surface area contributed by atoms with Gasteiger partial charge in [-0.25, -0.2) is 4.39 Å². The van der Waals surface area contributed by atoms with E-state index < -0.39 is 0 Å². The van der Waals surface area contributed by atoms with Gasteiger partial charge in [-0.2, -0.15) is 0 Å². The zero-order valence-electron chi connectivity index (χ0n) is 14.9. The summed E-state index contributed by atoms with van der Waals surface area (Å²) in [6.07, 6.45) is 4.95. The molecule has 1 aromatic carbocycles. The van der Waals surface area contributed by atoms with Gasteiger partial charge in [0.15, 0.2) is 0 Å². The Morgan fingerprint density at radius 3 is 2.88 bits per heavy atom. The first-order chi connectivity index (χ1) is 12.0. The molecule has 25 heavy (non-hydrogen) atoms. The number of rotatable bonds is 5. The molecule has 2 unspecified atom stereocenters. The van der Waals surface area contributed by atoms with Gasteiger partial charge in [-0.15, -0.1) is 0 Å². The molecule has 0 saturated carbocycles. The molecule has 4 nitrogen and oxygen atoms in total. The quantitative estimate of drug-likeness (QED) is 0.822. The first-order valence-electron chi connectivity index (χ1n) is 9.37. The summed E-state index contributed by atoms with van der Waals surface area (Å²) < 4.78 is 13.3. The van der Waals surface area contributed by atoms with Gasteiger partial charge in [0.25, 0.3) is 0 Å². The van der Waals surface area contributed by atoms with Crippen LogP contribution < -0.4 is 0 Å². The number of aryl methyl sites for hydroxylation is 1. The average molecular weight is 346 g/mol. The molecule has 2 aliphatic heterocycles. The van der Waals surface area contributed by atoms with Crippen LogP contribution in [0.4, 0.5) is 4.39 Å². The van der Waals surface area contributed by atoms with Gasteiger partial charge in [-0.3, -0.25) is 9.59 Å². The van der Waals surface area contributed by atoms with Gasteiger partial charge in [0.2, 0.25) is 11.8 Å². The molecule has 136 valence electrons. The van der Waals surface area contributed by atoms with Crippen LogP contribution >= 0.6 is 0 Å². The van der Waals surface area contributed by atoms with E-state index in [1.165, 1.54) is 12.1 Å². The third-order valence-corrected chi connectivity index (χ3v) is 5.44. The minimum Gasteiger partial charge on any atom is -0.340 e. The number of halogens is 1. The van der Waals surface area contributed by atoms with Crippen LogP contribution in [-0.2, 0) is 16.0 Å². The highest BCUT2D eigenvalue weighted by molar-refractivity contribution is 5.80. The molecule has 2 amide bonds. The summed E-state index contributed by atoms with van der Waals surface area (Å²) in [5.41, 5.74) is 0.929.